The van der Waals surface area contributed by atoms with Crippen molar-refractivity contribution in [1.82, 2.24) is 0 Å². The highest BCUT2D eigenvalue weighted by Gasteiger charge is 2.95. The largest absolute Gasteiger partial charge is 0.490 e. The summed E-state index contributed by atoms with van der Waals surface area (Å²) in [6, 6.07) is 12.2. The van der Waals surface area contributed by atoms with Gasteiger partial charge in [0.25, 0.3) is 0 Å². The number of alkyl halides is 17. The number of unbranched alkanes of at least 4 members (excludes halogenated alkanes) is 18. The highest BCUT2D eigenvalue weighted by atomic mass is 19.4. The molecule has 0 unspecified atom stereocenters. The lowest BCUT2D eigenvalue weighted by Gasteiger charge is -2.42. The number of rotatable bonds is 44. The molecule has 0 aliphatic carbocycles. The minimum atomic E-state index is -8.63. The Labute approximate surface area is 487 Å². The summed E-state index contributed by atoms with van der Waals surface area (Å²) in [7, 11) is 0. The van der Waals surface area contributed by atoms with Gasteiger partial charge in [-0.1, -0.05) is 144 Å². The monoisotopic (exact) mass is 1250 g/mol. The van der Waals surface area contributed by atoms with Crippen molar-refractivity contribution in [2.45, 2.75) is 243 Å². The molecule has 0 saturated carbocycles. The highest BCUT2D eigenvalue weighted by molar-refractivity contribution is 6.26. The van der Waals surface area contributed by atoms with Gasteiger partial charge < -0.3 is 28.4 Å². The summed E-state index contributed by atoms with van der Waals surface area (Å²) in [6.07, 6.45) is 5.75. The molecule has 4 rings (SSSR count). The molecule has 0 aliphatic heterocycles. The van der Waals surface area contributed by atoms with E-state index in [1.165, 1.54) is 0 Å². The standard InChI is InChI=1S/C62H83F17O6/c1-6-11-24-31-80-49-37-43-44-38-50(81-32-25-12-7-2)52(83-34-27-14-9-4)40-46(44)48-42-54(53(84-35-28-15-10-5)41-47(48)45(43)39-51(49)82-33-26-13-8-3)85-36-29-22-20-18-16-17-19-21-23-30-55(63,64)56(65,66)57(67,68)58(69,70)59(71,72)60(73,74)61(75,76)62(77,78)79/h37-42H,6-36H2,1-5H3. The Hall–Kier alpha value is -4.73. The van der Waals surface area contributed by atoms with Crippen LogP contribution in [0.3, 0.4) is 0 Å². The van der Waals surface area contributed by atoms with Crippen LogP contribution in [0.25, 0.3) is 32.3 Å². The van der Waals surface area contributed by atoms with Crippen LogP contribution in [0.4, 0.5) is 74.6 Å². The van der Waals surface area contributed by atoms with Crippen molar-refractivity contribution in [3.63, 3.8) is 0 Å². The van der Waals surface area contributed by atoms with Gasteiger partial charge in [0.05, 0.1) is 39.6 Å². The van der Waals surface area contributed by atoms with Crippen LogP contribution in [-0.2, 0) is 0 Å². The number of benzene rings is 4. The van der Waals surface area contributed by atoms with Crippen molar-refractivity contribution >= 4 is 32.3 Å². The molecule has 85 heavy (non-hydrogen) atoms. The molecule has 0 saturated heterocycles. The quantitative estimate of drug-likeness (QED) is 0.0250. The topological polar surface area (TPSA) is 55.4 Å². The second kappa shape index (κ2) is 32.5. The maximum Gasteiger partial charge on any atom is 0.460 e. The van der Waals surface area contributed by atoms with Crippen LogP contribution in [-0.4, -0.2) is 87.3 Å². The Morgan fingerprint density at radius 1 is 0.235 bits per heavy atom. The number of hydrogen-bond donors (Lipinski definition) is 0. The third-order valence-electron chi connectivity index (χ3n) is 14.8. The van der Waals surface area contributed by atoms with Crippen LogP contribution in [0.1, 0.15) is 195 Å². The fraction of sp³-hybridized carbons (Fsp3) is 0.710. The number of fused-ring (bicyclic) bond motifs is 6. The molecule has 4 aromatic carbocycles. The summed E-state index contributed by atoms with van der Waals surface area (Å²) in [5, 5.41) is 5.37. The van der Waals surface area contributed by atoms with Crippen molar-refractivity contribution in [3.05, 3.63) is 36.4 Å². The second-order valence-electron chi connectivity index (χ2n) is 21.7. The van der Waals surface area contributed by atoms with Crippen molar-refractivity contribution < 1.29 is 103 Å². The average Bonchev–Trinajstić information content (AvgIpc) is 3.63. The van der Waals surface area contributed by atoms with E-state index in [1.54, 1.807) is 0 Å². The van der Waals surface area contributed by atoms with E-state index in [1.807, 2.05) is 30.3 Å². The van der Waals surface area contributed by atoms with E-state index in [-0.39, 0.29) is 19.4 Å². The second-order valence-corrected chi connectivity index (χ2v) is 21.7. The van der Waals surface area contributed by atoms with E-state index in [0.717, 1.165) is 129 Å². The highest BCUT2D eigenvalue weighted by Crippen LogP contribution is 2.64. The summed E-state index contributed by atoms with van der Waals surface area (Å²) in [4.78, 5) is 0. The van der Waals surface area contributed by atoms with Gasteiger partial charge in [0.2, 0.25) is 0 Å². The lowest BCUT2D eigenvalue weighted by Crippen LogP contribution is -2.74. The van der Waals surface area contributed by atoms with Gasteiger partial charge in [0.15, 0.2) is 34.5 Å². The molecule has 6 nitrogen and oxygen atoms in total. The Morgan fingerprint density at radius 3 is 0.647 bits per heavy atom. The normalized spacial score (nSPS) is 13.3. The van der Waals surface area contributed by atoms with Crippen LogP contribution in [0.5, 0.6) is 34.5 Å². The van der Waals surface area contributed by atoms with Crippen molar-refractivity contribution in [2.75, 3.05) is 39.6 Å². The molecule has 0 N–H and O–H groups in total. The first-order valence-corrected chi connectivity index (χ1v) is 30.0. The molecular formula is C62H83F17O6. The van der Waals surface area contributed by atoms with Crippen molar-refractivity contribution in [1.29, 1.82) is 0 Å². The molecule has 0 radical (unpaired) electrons. The fourth-order valence-electron chi connectivity index (χ4n) is 9.59. The van der Waals surface area contributed by atoms with Gasteiger partial charge in [-0.25, -0.2) is 0 Å². The molecule has 0 atom stereocenters. The molecule has 0 aliphatic rings. The lowest BCUT2D eigenvalue weighted by atomic mass is 9.87. The minimum Gasteiger partial charge on any atom is -0.490 e. The first kappa shape index (κ1) is 72.7. The molecule has 0 heterocycles. The van der Waals surface area contributed by atoms with Crippen LogP contribution in [0, 0.1) is 0 Å². The maximum absolute atomic E-state index is 14.4. The van der Waals surface area contributed by atoms with Gasteiger partial charge in [-0.3, -0.25) is 0 Å². The van der Waals surface area contributed by atoms with Crippen molar-refractivity contribution in [3.8, 4) is 34.5 Å². The Bertz CT molecular complexity index is 2590. The van der Waals surface area contributed by atoms with Crippen LogP contribution < -0.4 is 28.4 Å². The summed E-state index contributed by atoms with van der Waals surface area (Å²) in [6.45, 7) is 13.3. The van der Waals surface area contributed by atoms with E-state index >= 15 is 0 Å². The smallest absolute Gasteiger partial charge is 0.460 e. The zero-order valence-electron chi connectivity index (χ0n) is 49.3. The molecule has 0 fully saturated rings. The van der Waals surface area contributed by atoms with Gasteiger partial charge in [0.1, 0.15) is 0 Å². The summed E-state index contributed by atoms with van der Waals surface area (Å²) >= 11 is 0. The Balaban J connectivity index is 1.54. The first-order chi connectivity index (χ1) is 40.0. The number of ether oxygens (including phenoxy) is 6. The van der Waals surface area contributed by atoms with E-state index in [9.17, 15) is 74.6 Å². The van der Waals surface area contributed by atoms with Gasteiger partial charge in [-0.05, 0) is 114 Å². The van der Waals surface area contributed by atoms with Crippen LogP contribution in [0.2, 0.25) is 0 Å². The van der Waals surface area contributed by atoms with Gasteiger partial charge in [0, 0.05) is 6.42 Å². The molecule has 486 valence electrons. The fourth-order valence-corrected chi connectivity index (χ4v) is 9.59. The molecule has 23 heteroatoms. The zero-order chi connectivity index (χ0) is 63.3. The average molecular weight is 1250 g/mol. The Kier molecular flexibility index (Phi) is 27.8. The Morgan fingerprint density at radius 2 is 0.424 bits per heavy atom. The third kappa shape index (κ3) is 17.5. The third-order valence-corrected chi connectivity index (χ3v) is 14.8. The molecule has 4 aromatic rings. The van der Waals surface area contributed by atoms with E-state index in [0.29, 0.717) is 99.6 Å². The summed E-state index contributed by atoms with van der Waals surface area (Å²) < 4.78 is 271. The summed E-state index contributed by atoms with van der Waals surface area (Å²) in [5.74, 6) is -52.6. The predicted octanol–water partition coefficient (Wildman–Crippen LogP) is 22.3. The summed E-state index contributed by atoms with van der Waals surface area (Å²) in [5.41, 5.74) is 0. The van der Waals surface area contributed by atoms with E-state index in [4.69, 9.17) is 28.4 Å². The molecule has 0 spiro atoms. The minimum absolute atomic E-state index is 0.00214. The van der Waals surface area contributed by atoms with E-state index in [2.05, 4.69) is 40.7 Å². The molecule has 0 aromatic heterocycles. The number of hydrogen-bond acceptors (Lipinski definition) is 6. The van der Waals surface area contributed by atoms with Gasteiger partial charge in [-0.15, -0.1) is 0 Å². The first-order valence-electron chi connectivity index (χ1n) is 30.0. The molecule has 0 amide bonds. The predicted molar refractivity (Wildman–Crippen MR) is 296 cm³/mol. The number of halogens is 17. The van der Waals surface area contributed by atoms with Crippen LogP contribution >= 0.6 is 0 Å². The van der Waals surface area contributed by atoms with Crippen molar-refractivity contribution in [2.24, 2.45) is 0 Å². The maximum atomic E-state index is 14.4. The van der Waals surface area contributed by atoms with Crippen LogP contribution in [0.15, 0.2) is 36.4 Å². The van der Waals surface area contributed by atoms with Gasteiger partial charge >= 0.3 is 47.6 Å². The lowest BCUT2D eigenvalue weighted by molar-refractivity contribution is -0.461. The van der Waals surface area contributed by atoms with Gasteiger partial charge in [-0.2, -0.15) is 74.6 Å². The van der Waals surface area contributed by atoms with E-state index < -0.39 is 66.9 Å². The SMILES string of the molecule is CCCCCOc1cc2c3cc(OCCCCC)c(OCCCCC)cc3c3cc(OCCCCCCCCCCCC(F)(F)C(F)(F)C(F)(F)C(F)(F)C(F)(F)C(F)(F)C(F)(F)C(F)(F)F)c(OCCCCC)cc3c2cc1OCCCCC. The molecule has 0 bridgehead atoms. The molecular weight excluding hydrogens is 1160 g/mol. The zero-order valence-corrected chi connectivity index (χ0v) is 49.3.